The molecule has 1 aromatic rings. The van der Waals surface area contributed by atoms with Gasteiger partial charge >= 0.3 is 0 Å². The number of nitrogens with one attached hydrogen (secondary N) is 2. The maximum absolute atomic E-state index is 12.2. The minimum Gasteiger partial charge on any atom is -0.316 e. The van der Waals surface area contributed by atoms with Gasteiger partial charge in [0.2, 0.25) is 10.0 Å². The van der Waals surface area contributed by atoms with Crippen LogP contribution in [0.4, 0.5) is 0 Å². The second-order valence-corrected chi connectivity index (χ2v) is 7.53. The van der Waals surface area contributed by atoms with Gasteiger partial charge in [-0.25, -0.2) is 13.1 Å². The molecule has 0 bridgehead atoms. The molecule has 0 radical (unpaired) electrons. The summed E-state index contributed by atoms with van der Waals surface area (Å²) in [7, 11) is -3.57. The SMILES string of the molecule is Cl.N#Cc1cc(Br)cc(S(=O)(=O)NCC2CCCNC2)c1. The average molecular weight is 395 g/mol. The van der Waals surface area contributed by atoms with Gasteiger partial charge in [-0.2, -0.15) is 5.26 Å². The molecule has 0 spiro atoms. The third-order valence-electron chi connectivity index (χ3n) is 3.27. The quantitative estimate of drug-likeness (QED) is 0.818. The maximum atomic E-state index is 12.2. The first-order valence-corrected chi connectivity index (χ1v) is 8.70. The molecule has 116 valence electrons. The first-order chi connectivity index (χ1) is 9.51. The van der Waals surface area contributed by atoms with Gasteiger partial charge in [0.05, 0.1) is 16.5 Å². The van der Waals surface area contributed by atoms with E-state index in [2.05, 4.69) is 26.0 Å². The van der Waals surface area contributed by atoms with Crippen LogP contribution < -0.4 is 10.0 Å². The van der Waals surface area contributed by atoms with Crippen LogP contribution in [-0.2, 0) is 10.0 Å². The van der Waals surface area contributed by atoms with E-state index in [9.17, 15) is 8.42 Å². The van der Waals surface area contributed by atoms with E-state index in [1.165, 1.54) is 12.1 Å². The molecule has 8 heteroatoms. The van der Waals surface area contributed by atoms with Gasteiger partial charge in [0, 0.05) is 11.0 Å². The Bertz CT molecular complexity index is 625. The summed E-state index contributed by atoms with van der Waals surface area (Å²) in [5.41, 5.74) is 0.319. The molecule has 0 saturated carbocycles. The summed E-state index contributed by atoms with van der Waals surface area (Å²) in [6, 6.07) is 6.42. The van der Waals surface area contributed by atoms with Gasteiger partial charge in [-0.3, -0.25) is 0 Å². The Morgan fingerprint density at radius 3 is 2.81 bits per heavy atom. The number of nitrogens with zero attached hydrogens (tertiary/aromatic N) is 1. The summed E-state index contributed by atoms with van der Waals surface area (Å²) in [5.74, 6) is 0.320. The minimum atomic E-state index is -3.57. The predicted molar refractivity (Wildman–Crippen MR) is 86.9 cm³/mol. The highest BCUT2D eigenvalue weighted by molar-refractivity contribution is 9.10. The highest BCUT2D eigenvalue weighted by Gasteiger charge is 2.19. The Kier molecular flexibility index (Phi) is 7.10. The fraction of sp³-hybridized carbons (Fsp3) is 0.462. The Balaban J connectivity index is 0.00000220. The van der Waals surface area contributed by atoms with E-state index in [4.69, 9.17) is 5.26 Å². The van der Waals surface area contributed by atoms with Crippen LogP contribution in [0, 0.1) is 17.2 Å². The van der Waals surface area contributed by atoms with Crippen molar-refractivity contribution in [2.45, 2.75) is 17.7 Å². The van der Waals surface area contributed by atoms with Gasteiger partial charge in [-0.15, -0.1) is 12.4 Å². The van der Waals surface area contributed by atoms with E-state index in [-0.39, 0.29) is 17.3 Å². The van der Waals surface area contributed by atoms with Crippen LogP contribution in [0.15, 0.2) is 27.6 Å². The van der Waals surface area contributed by atoms with Gasteiger partial charge in [-0.05, 0) is 50.0 Å². The largest absolute Gasteiger partial charge is 0.316 e. The minimum absolute atomic E-state index is 0. The van der Waals surface area contributed by atoms with E-state index < -0.39 is 10.0 Å². The fourth-order valence-electron chi connectivity index (χ4n) is 2.19. The van der Waals surface area contributed by atoms with Crippen LogP contribution in [0.5, 0.6) is 0 Å². The van der Waals surface area contributed by atoms with E-state index >= 15 is 0 Å². The normalized spacial score (nSPS) is 18.6. The standard InChI is InChI=1S/C13H16BrN3O2S.ClH/c14-12-4-11(7-15)5-13(6-12)20(18,19)17-9-10-2-1-3-16-8-10;/h4-6,10,16-17H,1-3,8-9H2;1H. The molecule has 0 amide bonds. The summed E-state index contributed by atoms with van der Waals surface area (Å²) in [4.78, 5) is 0.118. The number of hydrogen-bond donors (Lipinski definition) is 2. The molecule has 2 N–H and O–H groups in total. The van der Waals surface area contributed by atoms with Crippen LogP contribution >= 0.6 is 28.3 Å². The molecule has 1 atom stereocenters. The maximum Gasteiger partial charge on any atom is 0.240 e. The number of rotatable bonds is 4. The predicted octanol–water partition coefficient (Wildman–Crippen LogP) is 2.02. The third-order valence-corrected chi connectivity index (χ3v) is 5.13. The monoisotopic (exact) mass is 393 g/mol. The van der Waals surface area contributed by atoms with Crippen molar-refractivity contribution in [1.82, 2.24) is 10.0 Å². The molecule has 0 aliphatic carbocycles. The fourth-order valence-corrected chi connectivity index (χ4v) is 4.02. The van der Waals surface area contributed by atoms with Crippen molar-refractivity contribution in [2.24, 2.45) is 5.92 Å². The number of sulfonamides is 1. The van der Waals surface area contributed by atoms with Crippen LogP contribution in [0.25, 0.3) is 0 Å². The van der Waals surface area contributed by atoms with Gasteiger partial charge < -0.3 is 5.32 Å². The number of piperidine rings is 1. The highest BCUT2D eigenvalue weighted by atomic mass is 79.9. The Hall–Kier alpha value is -0.650. The zero-order chi connectivity index (χ0) is 14.6. The van der Waals surface area contributed by atoms with E-state index in [0.717, 1.165) is 25.9 Å². The lowest BCUT2D eigenvalue weighted by Gasteiger charge is -2.22. The number of halogens is 2. The second kappa shape index (κ2) is 8.11. The summed E-state index contributed by atoms with van der Waals surface area (Å²) < 4.78 is 27.7. The third kappa shape index (κ3) is 5.24. The Morgan fingerprint density at radius 1 is 1.43 bits per heavy atom. The van der Waals surface area contributed by atoms with Gasteiger partial charge in [0.15, 0.2) is 0 Å². The first-order valence-electron chi connectivity index (χ1n) is 6.42. The van der Waals surface area contributed by atoms with Crippen LogP contribution in [0.2, 0.25) is 0 Å². The molecule has 0 aromatic heterocycles. The van der Waals surface area contributed by atoms with Gasteiger partial charge in [-0.1, -0.05) is 15.9 Å². The second-order valence-electron chi connectivity index (χ2n) is 4.85. The van der Waals surface area contributed by atoms with Crippen molar-refractivity contribution in [3.05, 3.63) is 28.2 Å². The molecule has 1 unspecified atom stereocenters. The highest BCUT2D eigenvalue weighted by Crippen LogP contribution is 2.19. The number of nitriles is 1. The molecule has 1 aromatic carbocycles. The van der Waals surface area contributed by atoms with Crippen molar-refractivity contribution in [1.29, 1.82) is 5.26 Å². The zero-order valence-electron chi connectivity index (χ0n) is 11.3. The van der Waals surface area contributed by atoms with E-state index in [1.54, 1.807) is 6.07 Å². The molecule has 1 heterocycles. The van der Waals surface area contributed by atoms with Crippen molar-refractivity contribution < 1.29 is 8.42 Å². The van der Waals surface area contributed by atoms with Crippen LogP contribution in [0.3, 0.4) is 0 Å². The number of benzene rings is 1. The van der Waals surface area contributed by atoms with Gasteiger partial charge in [0.25, 0.3) is 0 Å². The summed E-state index contributed by atoms with van der Waals surface area (Å²) in [6.45, 7) is 2.26. The zero-order valence-corrected chi connectivity index (χ0v) is 14.5. The van der Waals surface area contributed by atoms with Crippen molar-refractivity contribution in [3.8, 4) is 6.07 Å². The molecule has 1 aliphatic heterocycles. The van der Waals surface area contributed by atoms with Crippen molar-refractivity contribution in [2.75, 3.05) is 19.6 Å². The van der Waals surface area contributed by atoms with E-state index in [1.807, 2.05) is 6.07 Å². The average Bonchev–Trinajstić information content (AvgIpc) is 2.45. The molecular formula is C13H17BrClN3O2S. The molecule has 21 heavy (non-hydrogen) atoms. The summed E-state index contributed by atoms with van der Waals surface area (Å²) in [6.07, 6.45) is 2.10. The summed E-state index contributed by atoms with van der Waals surface area (Å²) in [5, 5.41) is 12.1. The topological polar surface area (TPSA) is 82.0 Å². The van der Waals surface area contributed by atoms with Crippen molar-refractivity contribution in [3.63, 3.8) is 0 Å². The lowest BCUT2D eigenvalue weighted by atomic mass is 10.0. The lowest BCUT2D eigenvalue weighted by Crippen LogP contribution is -2.38. The summed E-state index contributed by atoms with van der Waals surface area (Å²) >= 11 is 3.22. The van der Waals surface area contributed by atoms with Gasteiger partial charge in [0.1, 0.15) is 0 Å². The first kappa shape index (κ1) is 18.4. The van der Waals surface area contributed by atoms with E-state index in [0.29, 0.717) is 22.5 Å². The molecule has 1 aliphatic rings. The Morgan fingerprint density at radius 2 is 2.19 bits per heavy atom. The van der Waals surface area contributed by atoms with Crippen LogP contribution in [0.1, 0.15) is 18.4 Å². The van der Waals surface area contributed by atoms with Crippen LogP contribution in [-0.4, -0.2) is 28.1 Å². The number of hydrogen-bond acceptors (Lipinski definition) is 4. The molecule has 1 saturated heterocycles. The Labute approximate surface area is 139 Å². The molecule has 2 rings (SSSR count). The molecular weight excluding hydrogens is 378 g/mol. The lowest BCUT2D eigenvalue weighted by molar-refractivity contribution is 0.376. The molecule has 1 fully saturated rings. The molecule has 5 nitrogen and oxygen atoms in total. The smallest absolute Gasteiger partial charge is 0.240 e. The van der Waals surface area contributed by atoms with Crippen molar-refractivity contribution >= 4 is 38.4 Å².